The second-order valence-corrected chi connectivity index (χ2v) is 7.18. The lowest BCUT2D eigenvalue weighted by Gasteiger charge is -2.30. The van der Waals surface area contributed by atoms with Gasteiger partial charge in [0.05, 0.1) is 17.9 Å². The summed E-state index contributed by atoms with van der Waals surface area (Å²) in [6, 6.07) is 4.69. The van der Waals surface area contributed by atoms with Gasteiger partial charge in [0.2, 0.25) is 10.0 Å². The van der Waals surface area contributed by atoms with E-state index < -0.39 is 15.9 Å². The van der Waals surface area contributed by atoms with Crippen LogP contribution in [0, 0.1) is 12.8 Å². The lowest BCUT2D eigenvalue weighted by atomic mass is 10.0. The molecule has 2 rings (SSSR count). The molecule has 1 aromatic carbocycles. The summed E-state index contributed by atoms with van der Waals surface area (Å²) in [7, 11) is -2.31. The van der Waals surface area contributed by atoms with E-state index in [4.69, 9.17) is 10.5 Å². The highest BCUT2D eigenvalue weighted by molar-refractivity contribution is 7.89. The van der Waals surface area contributed by atoms with E-state index in [1.807, 2.05) is 6.92 Å². The molecule has 2 N–H and O–H groups in total. The summed E-state index contributed by atoms with van der Waals surface area (Å²) in [6.45, 7) is 2.38. The van der Waals surface area contributed by atoms with Crippen LogP contribution in [0.5, 0.6) is 0 Å². The van der Waals surface area contributed by atoms with Crippen molar-refractivity contribution in [3.05, 3.63) is 23.8 Å². The van der Waals surface area contributed by atoms with Crippen LogP contribution in [0.15, 0.2) is 23.1 Å². The van der Waals surface area contributed by atoms with Crippen molar-refractivity contribution >= 4 is 21.7 Å². The van der Waals surface area contributed by atoms with Gasteiger partial charge >= 0.3 is 5.97 Å². The van der Waals surface area contributed by atoms with Crippen molar-refractivity contribution < 1.29 is 17.9 Å². The van der Waals surface area contributed by atoms with Crippen molar-refractivity contribution in [3.8, 4) is 0 Å². The lowest BCUT2D eigenvalue weighted by molar-refractivity contribution is -0.146. The quantitative estimate of drug-likeness (QED) is 0.668. The number of nitrogen functional groups attached to an aromatic ring is 1. The third kappa shape index (κ3) is 3.19. The van der Waals surface area contributed by atoms with E-state index in [2.05, 4.69) is 0 Å². The first kappa shape index (κ1) is 15.8. The molecule has 1 fully saturated rings. The molecular formula is C14H20N2O4S. The fraction of sp³-hybridized carbons (Fsp3) is 0.500. The molecule has 1 aliphatic rings. The van der Waals surface area contributed by atoms with Crippen LogP contribution >= 0.6 is 0 Å². The Morgan fingerprint density at radius 1 is 1.43 bits per heavy atom. The van der Waals surface area contributed by atoms with Gasteiger partial charge < -0.3 is 10.5 Å². The molecule has 0 radical (unpaired) electrons. The molecule has 21 heavy (non-hydrogen) atoms. The molecule has 0 amide bonds. The molecule has 1 saturated heterocycles. The SMILES string of the molecule is COC(=O)C1CCCN(S(=O)(=O)c2ccc(C)c(N)c2)C1. The van der Waals surface area contributed by atoms with Crippen molar-refractivity contribution in [1.29, 1.82) is 0 Å². The molecule has 0 spiro atoms. The van der Waals surface area contributed by atoms with Gasteiger partial charge in [-0.05, 0) is 37.5 Å². The number of carbonyl (C=O) groups excluding carboxylic acids is 1. The Morgan fingerprint density at radius 2 is 2.14 bits per heavy atom. The van der Waals surface area contributed by atoms with Crippen LogP contribution in [-0.2, 0) is 19.6 Å². The van der Waals surface area contributed by atoms with Crippen molar-refractivity contribution in [2.45, 2.75) is 24.7 Å². The number of carbonyl (C=O) groups is 1. The van der Waals surface area contributed by atoms with Crippen LogP contribution in [-0.4, -0.2) is 38.9 Å². The summed E-state index contributed by atoms with van der Waals surface area (Å²) in [4.78, 5) is 11.8. The molecule has 1 atom stereocenters. The van der Waals surface area contributed by atoms with Crippen molar-refractivity contribution in [2.24, 2.45) is 5.92 Å². The normalized spacial score (nSPS) is 20.2. The number of esters is 1. The number of sulfonamides is 1. The molecule has 0 aliphatic carbocycles. The van der Waals surface area contributed by atoms with Gasteiger partial charge in [-0.25, -0.2) is 8.42 Å². The number of benzene rings is 1. The molecule has 1 heterocycles. The van der Waals surface area contributed by atoms with E-state index in [9.17, 15) is 13.2 Å². The number of aryl methyl sites for hydroxylation is 1. The van der Waals surface area contributed by atoms with Crippen LogP contribution in [0.2, 0.25) is 0 Å². The summed E-state index contributed by atoms with van der Waals surface area (Å²) in [6.07, 6.45) is 1.29. The van der Waals surface area contributed by atoms with Gasteiger partial charge in [-0.1, -0.05) is 6.07 Å². The van der Waals surface area contributed by atoms with Gasteiger partial charge in [0.1, 0.15) is 0 Å². The number of piperidine rings is 1. The molecule has 0 bridgehead atoms. The summed E-state index contributed by atoms with van der Waals surface area (Å²) < 4.78 is 31.3. The Labute approximate surface area is 124 Å². The molecule has 1 unspecified atom stereocenters. The third-order valence-electron chi connectivity index (χ3n) is 3.81. The zero-order valence-electron chi connectivity index (χ0n) is 12.2. The average Bonchev–Trinajstić information content (AvgIpc) is 2.49. The number of methoxy groups -OCH3 is 1. The number of rotatable bonds is 3. The minimum Gasteiger partial charge on any atom is -0.469 e. The number of nitrogens with zero attached hydrogens (tertiary/aromatic N) is 1. The standard InChI is InChI=1S/C14H20N2O4S/c1-10-5-6-12(8-13(10)15)21(18,19)16-7-3-4-11(9-16)14(17)20-2/h5-6,8,11H,3-4,7,9,15H2,1-2H3. The Balaban J connectivity index is 2.26. The van der Waals surface area contributed by atoms with E-state index in [-0.39, 0.29) is 17.4 Å². The maximum absolute atomic E-state index is 12.6. The van der Waals surface area contributed by atoms with Gasteiger partial charge in [0.15, 0.2) is 0 Å². The average molecular weight is 312 g/mol. The third-order valence-corrected chi connectivity index (χ3v) is 5.67. The monoisotopic (exact) mass is 312 g/mol. The van der Waals surface area contributed by atoms with Crippen molar-refractivity contribution in [3.63, 3.8) is 0 Å². The highest BCUT2D eigenvalue weighted by Crippen LogP contribution is 2.26. The van der Waals surface area contributed by atoms with Crippen LogP contribution in [0.25, 0.3) is 0 Å². The molecule has 1 aliphatic heterocycles. The van der Waals surface area contributed by atoms with Gasteiger partial charge in [-0.15, -0.1) is 0 Å². The summed E-state index contributed by atoms with van der Waals surface area (Å²) in [5, 5.41) is 0. The van der Waals surface area contributed by atoms with Crippen LogP contribution in [0.4, 0.5) is 5.69 Å². The fourth-order valence-corrected chi connectivity index (χ4v) is 4.01. The van der Waals surface area contributed by atoms with Crippen LogP contribution < -0.4 is 5.73 Å². The molecule has 0 aromatic heterocycles. The Hall–Kier alpha value is -1.60. The van der Waals surface area contributed by atoms with Crippen molar-refractivity contribution in [2.75, 3.05) is 25.9 Å². The van der Waals surface area contributed by atoms with Gasteiger partial charge in [0, 0.05) is 18.8 Å². The molecule has 1 aromatic rings. The van der Waals surface area contributed by atoms with E-state index >= 15 is 0 Å². The maximum atomic E-state index is 12.6. The first-order chi connectivity index (χ1) is 9.86. The van der Waals surface area contributed by atoms with Crippen molar-refractivity contribution in [1.82, 2.24) is 4.31 Å². The molecule has 116 valence electrons. The second kappa shape index (κ2) is 6.03. The molecule has 0 saturated carbocycles. The first-order valence-corrected chi connectivity index (χ1v) is 8.24. The summed E-state index contributed by atoms with van der Waals surface area (Å²) in [5.74, 6) is -0.764. The number of anilines is 1. The molecular weight excluding hydrogens is 292 g/mol. The maximum Gasteiger partial charge on any atom is 0.309 e. The highest BCUT2D eigenvalue weighted by atomic mass is 32.2. The van der Waals surface area contributed by atoms with Gasteiger partial charge in [-0.3, -0.25) is 4.79 Å². The first-order valence-electron chi connectivity index (χ1n) is 6.80. The minimum absolute atomic E-state index is 0.156. The van der Waals surface area contributed by atoms with Crippen LogP contribution in [0.1, 0.15) is 18.4 Å². The van der Waals surface area contributed by atoms with E-state index in [1.165, 1.54) is 17.5 Å². The van der Waals surface area contributed by atoms with Gasteiger partial charge in [0.25, 0.3) is 0 Å². The van der Waals surface area contributed by atoms with Crippen LogP contribution in [0.3, 0.4) is 0 Å². The summed E-state index contributed by atoms with van der Waals surface area (Å²) in [5.41, 5.74) is 7.06. The lowest BCUT2D eigenvalue weighted by Crippen LogP contribution is -2.42. The predicted octanol–water partition coefficient (Wildman–Crippen LogP) is 1.15. The zero-order chi connectivity index (χ0) is 15.6. The second-order valence-electron chi connectivity index (χ2n) is 5.24. The Kier molecular flexibility index (Phi) is 4.53. The number of hydrogen-bond acceptors (Lipinski definition) is 5. The van der Waals surface area contributed by atoms with Gasteiger partial charge in [-0.2, -0.15) is 4.31 Å². The Morgan fingerprint density at radius 3 is 2.76 bits per heavy atom. The predicted molar refractivity (Wildman–Crippen MR) is 79.1 cm³/mol. The molecule has 7 heteroatoms. The number of nitrogens with two attached hydrogens (primary N) is 1. The topological polar surface area (TPSA) is 89.7 Å². The largest absolute Gasteiger partial charge is 0.469 e. The zero-order valence-corrected chi connectivity index (χ0v) is 13.0. The van der Waals surface area contributed by atoms with E-state index in [0.29, 0.717) is 25.1 Å². The highest BCUT2D eigenvalue weighted by Gasteiger charge is 2.33. The smallest absolute Gasteiger partial charge is 0.309 e. The van der Waals surface area contributed by atoms with E-state index in [0.717, 1.165) is 5.56 Å². The Bertz CT molecular complexity index is 642. The fourth-order valence-electron chi connectivity index (χ4n) is 2.45. The number of hydrogen-bond donors (Lipinski definition) is 1. The number of ether oxygens (including phenoxy) is 1. The molecule has 6 nitrogen and oxygen atoms in total. The van der Waals surface area contributed by atoms with E-state index in [1.54, 1.807) is 12.1 Å². The minimum atomic E-state index is -3.63. The summed E-state index contributed by atoms with van der Waals surface area (Å²) >= 11 is 0.